The van der Waals surface area contributed by atoms with Gasteiger partial charge in [-0.15, -0.1) is 0 Å². The summed E-state index contributed by atoms with van der Waals surface area (Å²) in [5.74, 6) is 0. The number of hydrogen-bond acceptors (Lipinski definition) is 2. The Hall–Kier alpha value is -1.52. The molecule has 0 bridgehead atoms. The Morgan fingerprint density at radius 3 is 2.29 bits per heavy atom. The molecule has 0 saturated carbocycles. The molecule has 4 N–H and O–H groups in total. The van der Waals surface area contributed by atoms with Crippen LogP contribution in [0.3, 0.4) is 0 Å². The molecule has 0 aliphatic heterocycles. The van der Waals surface area contributed by atoms with Crippen molar-refractivity contribution in [2.75, 3.05) is 0 Å². The van der Waals surface area contributed by atoms with Gasteiger partial charge in [-0.25, -0.2) is 0 Å². The van der Waals surface area contributed by atoms with Crippen LogP contribution >= 0.6 is 24.4 Å². The molecule has 2 rings (SSSR count). The Balaban J connectivity index is 2.12. The van der Waals surface area contributed by atoms with Gasteiger partial charge in [0.25, 0.3) is 0 Å². The minimum Gasteiger partial charge on any atom is -0.393 e. The summed E-state index contributed by atoms with van der Waals surface area (Å²) in [5.41, 5.74) is 12.4. The van der Waals surface area contributed by atoms with Crippen LogP contribution in [-0.2, 0) is 6.42 Å². The Labute approximate surface area is 136 Å². The molecule has 0 aliphatic carbocycles. The zero-order chi connectivity index (χ0) is 15.5. The van der Waals surface area contributed by atoms with Crippen LogP contribution in [0.5, 0.6) is 0 Å². The lowest BCUT2D eigenvalue weighted by molar-refractivity contribution is 0.551. The van der Waals surface area contributed by atoms with Crippen molar-refractivity contribution in [1.29, 1.82) is 0 Å². The molecule has 0 radical (unpaired) electrons. The number of hydrogen-bond donors (Lipinski definition) is 2. The second-order valence-electron chi connectivity index (χ2n) is 5.55. The maximum absolute atomic E-state index is 5.81. The molecule has 0 spiro atoms. The zero-order valence-corrected chi connectivity index (χ0v) is 13.8. The van der Waals surface area contributed by atoms with E-state index in [9.17, 15) is 0 Å². The van der Waals surface area contributed by atoms with Crippen molar-refractivity contribution in [3.8, 4) is 0 Å². The Morgan fingerprint density at radius 2 is 1.62 bits per heavy atom. The van der Waals surface area contributed by atoms with Gasteiger partial charge in [0.2, 0.25) is 0 Å². The lowest BCUT2D eigenvalue weighted by atomic mass is 9.84. The molecule has 0 heterocycles. The van der Waals surface area contributed by atoms with E-state index in [0.717, 1.165) is 19.3 Å². The lowest BCUT2D eigenvalue weighted by Crippen LogP contribution is -2.43. The highest BCUT2D eigenvalue weighted by molar-refractivity contribution is 7.82. The van der Waals surface area contributed by atoms with Gasteiger partial charge >= 0.3 is 0 Å². The standard InChI is InChI=1S/C17H20N2S2/c1-17(15(18)20,16(19)21)11-5-9-13-8-4-7-12-6-2-3-10-14(12)13/h2-4,6-8,10H,5,9,11H2,1H3,(H2,18,20)(H2,19,21). The molecule has 4 heteroatoms. The van der Waals surface area contributed by atoms with Crippen molar-refractivity contribution < 1.29 is 0 Å². The smallest absolute Gasteiger partial charge is 0.0855 e. The zero-order valence-electron chi connectivity index (χ0n) is 12.1. The van der Waals surface area contributed by atoms with E-state index in [1.54, 1.807) is 0 Å². The summed E-state index contributed by atoms with van der Waals surface area (Å²) < 4.78 is 0. The van der Waals surface area contributed by atoms with Gasteiger partial charge in [0.05, 0.1) is 15.4 Å². The lowest BCUT2D eigenvalue weighted by Gasteiger charge is -2.27. The second kappa shape index (κ2) is 6.50. The molecular formula is C17H20N2S2. The van der Waals surface area contributed by atoms with E-state index in [2.05, 4.69) is 42.5 Å². The number of rotatable bonds is 6. The fraction of sp³-hybridized carbons (Fsp3) is 0.294. The Morgan fingerprint density at radius 1 is 1.00 bits per heavy atom. The first-order chi connectivity index (χ1) is 9.95. The molecule has 110 valence electrons. The van der Waals surface area contributed by atoms with Gasteiger partial charge in [0, 0.05) is 0 Å². The first-order valence-corrected chi connectivity index (χ1v) is 7.83. The number of aryl methyl sites for hydroxylation is 1. The van der Waals surface area contributed by atoms with Crippen molar-refractivity contribution in [1.82, 2.24) is 0 Å². The van der Waals surface area contributed by atoms with Crippen LogP contribution in [0.2, 0.25) is 0 Å². The average molecular weight is 316 g/mol. The van der Waals surface area contributed by atoms with Crippen LogP contribution in [0.1, 0.15) is 25.3 Å². The molecule has 2 nitrogen and oxygen atoms in total. The highest BCUT2D eigenvalue weighted by Crippen LogP contribution is 2.27. The molecule has 0 amide bonds. The predicted octanol–water partition coefficient (Wildman–Crippen LogP) is 3.74. The topological polar surface area (TPSA) is 52.0 Å². The molecule has 2 aromatic rings. The van der Waals surface area contributed by atoms with Crippen LogP contribution in [0, 0.1) is 5.41 Å². The Kier molecular flexibility index (Phi) is 4.91. The van der Waals surface area contributed by atoms with Crippen molar-refractivity contribution in [3.63, 3.8) is 0 Å². The van der Waals surface area contributed by atoms with Crippen molar-refractivity contribution in [2.24, 2.45) is 16.9 Å². The minimum absolute atomic E-state index is 0.382. The third-order valence-corrected chi connectivity index (χ3v) is 4.99. The van der Waals surface area contributed by atoms with Crippen LogP contribution < -0.4 is 11.5 Å². The van der Waals surface area contributed by atoms with E-state index in [1.165, 1.54) is 16.3 Å². The summed E-state index contributed by atoms with van der Waals surface area (Å²) in [4.78, 5) is 0.765. The molecular weight excluding hydrogens is 296 g/mol. The summed E-state index contributed by atoms with van der Waals surface area (Å²) in [6.07, 6.45) is 2.68. The van der Waals surface area contributed by atoms with Crippen molar-refractivity contribution >= 4 is 45.2 Å². The maximum atomic E-state index is 5.81. The van der Waals surface area contributed by atoms with E-state index in [4.69, 9.17) is 35.9 Å². The van der Waals surface area contributed by atoms with Gasteiger partial charge < -0.3 is 11.5 Å². The van der Waals surface area contributed by atoms with Crippen LogP contribution in [0.15, 0.2) is 42.5 Å². The third-order valence-electron chi connectivity index (χ3n) is 4.09. The number of fused-ring (bicyclic) bond motifs is 1. The van der Waals surface area contributed by atoms with Gasteiger partial charge in [-0.1, -0.05) is 66.9 Å². The second-order valence-corrected chi connectivity index (χ2v) is 6.43. The number of thiocarbonyl (C=S) groups is 2. The first kappa shape index (κ1) is 15.9. The molecule has 0 aromatic heterocycles. The molecule has 0 atom stereocenters. The summed E-state index contributed by atoms with van der Waals surface area (Å²) in [6.45, 7) is 1.93. The number of benzene rings is 2. The van der Waals surface area contributed by atoms with Crippen LogP contribution in [-0.4, -0.2) is 9.98 Å². The summed E-state index contributed by atoms with van der Waals surface area (Å²) in [5, 5.41) is 2.56. The minimum atomic E-state index is -0.532. The van der Waals surface area contributed by atoms with E-state index >= 15 is 0 Å². The molecule has 21 heavy (non-hydrogen) atoms. The monoisotopic (exact) mass is 316 g/mol. The maximum Gasteiger partial charge on any atom is 0.0855 e. The van der Waals surface area contributed by atoms with E-state index in [1.807, 2.05) is 6.92 Å². The fourth-order valence-corrected chi connectivity index (χ4v) is 3.00. The largest absolute Gasteiger partial charge is 0.393 e. The quantitative estimate of drug-likeness (QED) is 0.797. The Bertz CT molecular complexity index is 660. The van der Waals surface area contributed by atoms with Crippen LogP contribution in [0.25, 0.3) is 10.8 Å². The highest BCUT2D eigenvalue weighted by atomic mass is 32.1. The third kappa shape index (κ3) is 3.39. The summed E-state index contributed by atoms with van der Waals surface area (Å²) in [7, 11) is 0. The fourth-order valence-electron chi connectivity index (χ4n) is 2.51. The summed E-state index contributed by atoms with van der Waals surface area (Å²) in [6, 6.07) is 14.8. The van der Waals surface area contributed by atoms with E-state index < -0.39 is 5.41 Å². The SMILES string of the molecule is CC(CCCc1cccc2ccccc12)(C(N)=S)C(N)=S. The normalized spacial score (nSPS) is 11.5. The molecule has 0 unspecified atom stereocenters. The van der Waals surface area contributed by atoms with Gasteiger partial charge in [-0.2, -0.15) is 0 Å². The number of nitrogens with two attached hydrogens (primary N) is 2. The van der Waals surface area contributed by atoms with Crippen molar-refractivity contribution in [3.05, 3.63) is 48.0 Å². The average Bonchev–Trinajstić information content (AvgIpc) is 2.47. The van der Waals surface area contributed by atoms with Crippen molar-refractivity contribution in [2.45, 2.75) is 26.2 Å². The predicted molar refractivity (Wildman–Crippen MR) is 98.6 cm³/mol. The van der Waals surface area contributed by atoms with Gasteiger partial charge in [0.15, 0.2) is 0 Å². The molecule has 2 aromatic carbocycles. The van der Waals surface area contributed by atoms with E-state index in [-0.39, 0.29) is 0 Å². The van der Waals surface area contributed by atoms with Gasteiger partial charge in [0.1, 0.15) is 0 Å². The van der Waals surface area contributed by atoms with Gasteiger partial charge in [-0.3, -0.25) is 0 Å². The molecule has 0 fully saturated rings. The summed E-state index contributed by atoms with van der Waals surface area (Å²) >= 11 is 10.2. The first-order valence-electron chi connectivity index (χ1n) is 7.01. The van der Waals surface area contributed by atoms with E-state index in [0.29, 0.717) is 9.98 Å². The molecule has 0 aliphatic rings. The van der Waals surface area contributed by atoms with Crippen LogP contribution in [0.4, 0.5) is 0 Å². The molecule has 0 saturated heterocycles. The highest BCUT2D eigenvalue weighted by Gasteiger charge is 2.30. The van der Waals surface area contributed by atoms with Gasteiger partial charge in [-0.05, 0) is 42.5 Å².